The van der Waals surface area contributed by atoms with Crippen molar-refractivity contribution >= 4 is 17.8 Å². The lowest BCUT2D eigenvalue weighted by Gasteiger charge is -2.30. The molecule has 0 aromatic rings. The topological polar surface area (TPSA) is 61.4 Å². The molecular weight excluding hydrogens is 272 g/mol. The van der Waals surface area contributed by atoms with Gasteiger partial charge in [-0.2, -0.15) is 11.8 Å². The molecule has 0 spiro atoms. The summed E-state index contributed by atoms with van der Waals surface area (Å²) in [6.45, 7) is 8.31. The number of carbonyl (C=O) groups excluding carboxylic acids is 1. The van der Waals surface area contributed by atoms with Crippen LogP contribution in [0.15, 0.2) is 0 Å². The highest BCUT2D eigenvalue weighted by Gasteiger charge is 2.29. The second-order valence-electron chi connectivity index (χ2n) is 6.08. The molecule has 118 valence electrons. The van der Waals surface area contributed by atoms with E-state index >= 15 is 0 Å². The molecule has 2 amide bonds. The minimum atomic E-state index is -0.845. The van der Waals surface area contributed by atoms with Crippen molar-refractivity contribution in [2.75, 3.05) is 12.3 Å². The van der Waals surface area contributed by atoms with Gasteiger partial charge in [0.15, 0.2) is 0 Å². The minimum absolute atomic E-state index is 0.152. The van der Waals surface area contributed by atoms with Crippen LogP contribution < -0.4 is 10.6 Å². The van der Waals surface area contributed by atoms with Gasteiger partial charge in [-0.05, 0) is 37.9 Å². The Kier molecular flexibility index (Phi) is 7.17. The third-order valence-corrected chi connectivity index (χ3v) is 5.64. The van der Waals surface area contributed by atoms with E-state index in [4.69, 9.17) is 0 Å². The van der Waals surface area contributed by atoms with Crippen LogP contribution in [0.1, 0.15) is 53.4 Å². The van der Waals surface area contributed by atoms with Gasteiger partial charge in [-0.25, -0.2) is 4.79 Å². The number of rotatable bonds is 7. The van der Waals surface area contributed by atoms with E-state index in [0.29, 0.717) is 11.8 Å². The number of nitrogens with one attached hydrogen (secondary N) is 2. The molecule has 3 N–H and O–H groups in total. The predicted molar refractivity (Wildman–Crippen MR) is 86.2 cm³/mol. The average molecular weight is 302 g/mol. The van der Waals surface area contributed by atoms with E-state index in [0.717, 1.165) is 25.0 Å². The molecular formula is C15H30N2O2S. The number of hydrogen-bond donors (Lipinski definition) is 3. The quantitative estimate of drug-likeness (QED) is 0.677. The second kappa shape index (κ2) is 8.13. The number of aliphatic hydroxyl groups is 1. The molecule has 5 heteroatoms. The highest BCUT2D eigenvalue weighted by atomic mass is 32.2. The van der Waals surface area contributed by atoms with Crippen molar-refractivity contribution in [3.05, 3.63) is 0 Å². The molecule has 4 nitrogen and oxygen atoms in total. The summed E-state index contributed by atoms with van der Waals surface area (Å²) >= 11 is 1.98. The third kappa shape index (κ3) is 5.52. The van der Waals surface area contributed by atoms with E-state index < -0.39 is 5.60 Å². The molecule has 0 aromatic carbocycles. The van der Waals surface area contributed by atoms with Crippen LogP contribution >= 0.6 is 11.8 Å². The molecule has 0 aromatic heterocycles. The average Bonchev–Trinajstić information content (AvgIpc) is 2.83. The Labute approximate surface area is 127 Å². The van der Waals surface area contributed by atoms with Crippen LogP contribution in [0.25, 0.3) is 0 Å². The number of thioether (sulfide) groups is 1. The molecule has 20 heavy (non-hydrogen) atoms. The van der Waals surface area contributed by atoms with E-state index in [1.807, 2.05) is 25.6 Å². The second-order valence-corrected chi connectivity index (χ2v) is 7.66. The molecule has 0 heterocycles. The Bertz CT molecular complexity index is 310. The summed E-state index contributed by atoms with van der Waals surface area (Å²) < 4.78 is 0. The lowest BCUT2D eigenvalue weighted by molar-refractivity contribution is 0.00784. The van der Waals surface area contributed by atoms with Gasteiger partial charge in [0, 0.05) is 17.8 Å². The first-order valence-electron chi connectivity index (χ1n) is 7.77. The summed E-state index contributed by atoms with van der Waals surface area (Å²) in [6.07, 6.45) is 4.21. The van der Waals surface area contributed by atoms with Gasteiger partial charge in [0.1, 0.15) is 0 Å². The minimum Gasteiger partial charge on any atom is -0.388 e. The van der Waals surface area contributed by atoms with Crippen molar-refractivity contribution in [3.8, 4) is 0 Å². The van der Waals surface area contributed by atoms with Crippen LogP contribution in [0.3, 0.4) is 0 Å². The van der Waals surface area contributed by atoms with Crippen LogP contribution in [0.5, 0.6) is 0 Å². The van der Waals surface area contributed by atoms with Gasteiger partial charge in [-0.15, -0.1) is 0 Å². The van der Waals surface area contributed by atoms with E-state index in [2.05, 4.69) is 17.6 Å². The largest absolute Gasteiger partial charge is 0.388 e. The van der Waals surface area contributed by atoms with Gasteiger partial charge in [0.2, 0.25) is 0 Å². The third-order valence-electron chi connectivity index (χ3n) is 4.40. The molecule has 1 rings (SSSR count). The Morgan fingerprint density at radius 3 is 2.75 bits per heavy atom. The Balaban J connectivity index is 2.27. The SMILES string of the molecule is CCSC1CCC(NC(=O)NCC(C)(O)C(C)CC)C1. The van der Waals surface area contributed by atoms with Crippen molar-refractivity contribution in [2.24, 2.45) is 5.92 Å². The Morgan fingerprint density at radius 1 is 1.45 bits per heavy atom. The maximum absolute atomic E-state index is 11.9. The first-order valence-corrected chi connectivity index (χ1v) is 8.82. The number of hydrogen-bond acceptors (Lipinski definition) is 3. The van der Waals surface area contributed by atoms with Crippen molar-refractivity contribution in [3.63, 3.8) is 0 Å². The van der Waals surface area contributed by atoms with Crippen LogP contribution in [-0.4, -0.2) is 40.3 Å². The van der Waals surface area contributed by atoms with E-state index in [9.17, 15) is 9.90 Å². The molecule has 1 aliphatic carbocycles. The molecule has 0 bridgehead atoms. The Hall–Kier alpha value is -0.420. The maximum atomic E-state index is 11.9. The first kappa shape index (κ1) is 17.6. The van der Waals surface area contributed by atoms with Crippen molar-refractivity contribution in [1.29, 1.82) is 0 Å². The summed E-state index contributed by atoms with van der Waals surface area (Å²) in [7, 11) is 0. The number of carbonyl (C=O) groups is 1. The van der Waals surface area contributed by atoms with Gasteiger partial charge >= 0.3 is 6.03 Å². The zero-order valence-corrected chi connectivity index (χ0v) is 14.1. The lowest BCUT2D eigenvalue weighted by Crippen LogP contribution is -2.49. The summed E-state index contributed by atoms with van der Waals surface area (Å²) in [5, 5.41) is 16.8. The Morgan fingerprint density at radius 2 is 2.15 bits per heavy atom. The maximum Gasteiger partial charge on any atom is 0.315 e. The zero-order chi connectivity index (χ0) is 15.2. The number of urea groups is 1. The molecule has 1 saturated carbocycles. The molecule has 1 fully saturated rings. The van der Waals surface area contributed by atoms with Crippen molar-refractivity contribution in [1.82, 2.24) is 10.6 Å². The van der Waals surface area contributed by atoms with Crippen molar-refractivity contribution < 1.29 is 9.90 Å². The van der Waals surface area contributed by atoms with Crippen LogP contribution in [-0.2, 0) is 0 Å². The summed E-state index contributed by atoms with van der Waals surface area (Å²) in [5.41, 5.74) is -0.845. The van der Waals surface area contributed by atoms with E-state index in [1.165, 1.54) is 6.42 Å². The van der Waals surface area contributed by atoms with Crippen molar-refractivity contribution in [2.45, 2.75) is 70.3 Å². The van der Waals surface area contributed by atoms with Crippen LogP contribution in [0, 0.1) is 5.92 Å². The molecule has 0 saturated heterocycles. The van der Waals surface area contributed by atoms with Gasteiger partial charge in [0.05, 0.1) is 5.60 Å². The first-order chi connectivity index (χ1) is 9.39. The lowest BCUT2D eigenvalue weighted by atomic mass is 9.89. The predicted octanol–water partition coefficient (Wildman–Crippen LogP) is 2.76. The normalized spacial score (nSPS) is 26.9. The van der Waals surface area contributed by atoms with Gasteiger partial charge in [-0.3, -0.25) is 0 Å². The highest BCUT2D eigenvalue weighted by Crippen LogP contribution is 2.29. The van der Waals surface area contributed by atoms with Gasteiger partial charge in [-0.1, -0.05) is 27.2 Å². The summed E-state index contributed by atoms with van der Waals surface area (Å²) in [5.74, 6) is 1.31. The molecule has 0 radical (unpaired) electrons. The van der Waals surface area contributed by atoms with Crippen LogP contribution in [0.4, 0.5) is 4.79 Å². The summed E-state index contributed by atoms with van der Waals surface area (Å²) in [6, 6.07) is 0.133. The van der Waals surface area contributed by atoms with E-state index in [-0.39, 0.29) is 18.0 Å². The molecule has 0 aliphatic heterocycles. The molecule has 4 unspecified atom stereocenters. The fraction of sp³-hybridized carbons (Fsp3) is 0.933. The smallest absolute Gasteiger partial charge is 0.315 e. The van der Waals surface area contributed by atoms with Crippen LogP contribution in [0.2, 0.25) is 0 Å². The zero-order valence-electron chi connectivity index (χ0n) is 13.2. The van der Waals surface area contributed by atoms with E-state index in [1.54, 1.807) is 6.92 Å². The standard InChI is InChI=1S/C15H30N2O2S/c1-5-11(3)15(4,19)10-16-14(18)17-12-7-8-13(9-12)20-6-2/h11-13,19H,5-10H2,1-4H3,(H2,16,17,18). The van der Waals surface area contributed by atoms with Gasteiger partial charge < -0.3 is 15.7 Å². The fourth-order valence-corrected chi connectivity index (χ4v) is 3.71. The monoisotopic (exact) mass is 302 g/mol. The fourth-order valence-electron chi connectivity index (χ4n) is 2.57. The number of amides is 2. The van der Waals surface area contributed by atoms with Gasteiger partial charge in [0.25, 0.3) is 0 Å². The highest BCUT2D eigenvalue weighted by molar-refractivity contribution is 7.99. The molecule has 1 aliphatic rings. The molecule has 4 atom stereocenters. The summed E-state index contributed by atoms with van der Waals surface area (Å²) in [4.78, 5) is 11.9.